The van der Waals surface area contributed by atoms with E-state index in [9.17, 15) is 0 Å². The summed E-state index contributed by atoms with van der Waals surface area (Å²) in [6, 6.07) is 7.91. The number of benzene rings is 1. The number of nitrogens with one attached hydrogen (secondary N) is 1. The molecule has 0 aliphatic rings. The number of fused-ring (bicyclic) bond motifs is 3. The van der Waals surface area contributed by atoms with Crippen LogP contribution in [0.1, 0.15) is 5.69 Å². The highest BCUT2D eigenvalue weighted by molar-refractivity contribution is 5.79. The Morgan fingerprint density at radius 2 is 2.21 bits per heavy atom. The Kier molecular flexibility index (Phi) is 1.40. The van der Waals surface area contributed by atoms with Crippen molar-refractivity contribution < 1.29 is 5.11 Å². The fraction of sp³-hybridized carbons (Fsp3) is 0.100. The molecule has 0 saturated carbocycles. The number of hydrogen-bond acceptors (Lipinski definition) is 2. The highest BCUT2D eigenvalue weighted by atomic mass is 16.3. The lowest BCUT2D eigenvalue weighted by Gasteiger charge is -1.88. The quantitative estimate of drug-likeness (QED) is 0.603. The van der Waals surface area contributed by atoms with E-state index in [2.05, 4.69) is 9.97 Å². The summed E-state index contributed by atoms with van der Waals surface area (Å²) in [5.74, 6) is 0.773. The lowest BCUT2D eigenvalue weighted by molar-refractivity contribution is 0.277. The van der Waals surface area contributed by atoms with Crippen molar-refractivity contribution in [1.82, 2.24) is 14.4 Å². The Balaban J connectivity index is 2.45. The summed E-state index contributed by atoms with van der Waals surface area (Å²) in [5.41, 5.74) is 2.79. The van der Waals surface area contributed by atoms with Crippen LogP contribution in [0.4, 0.5) is 0 Å². The minimum Gasteiger partial charge on any atom is -0.390 e. The number of aliphatic hydroxyl groups excluding tert-OH is 1. The number of para-hydroxylation sites is 2. The maximum Gasteiger partial charge on any atom is 0.212 e. The van der Waals surface area contributed by atoms with Crippen molar-refractivity contribution in [2.24, 2.45) is 0 Å². The molecule has 0 spiro atoms. The van der Waals surface area contributed by atoms with Gasteiger partial charge in [0.2, 0.25) is 5.78 Å². The zero-order valence-electron chi connectivity index (χ0n) is 7.44. The molecule has 14 heavy (non-hydrogen) atoms. The smallest absolute Gasteiger partial charge is 0.212 e. The summed E-state index contributed by atoms with van der Waals surface area (Å²) in [5, 5.41) is 8.96. The Morgan fingerprint density at radius 3 is 3.07 bits per heavy atom. The van der Waals surface area contributed by atoms with Gasteiger partial charge in [-0.05, 0) is 12.1 Å². The van der Waals surface area contributed by atoms with E-state index < -0.39 is 0 Å². The van der Waals surface area contributed by atoms with Crippen LogP contribution in [-0.4, -0.2) is 19.5 Å². The minimum absolute atomic E-state index is 0.0116. The van der Waals surface area contributed by atoms with Crippen LogP contribution in [-0.2, 0) is 6.61 Å². The summed E-state index contributed by atoms with van der Waals surface area (Å²) < 4.78 is 1.95. The van der Waals surface area contributed by atoms with E-state index in [0.717, 1.165) is 22.5 Å². The maximum absolute atomic E-state index is 8.96. The Labute approximate surface area is 79.8 Å². The molecule has 3 aromatic rings. The van der Waals surface area contributed by atoms with Crippen LogP contribution in [0.25, 0.3) is 16.8 Å². The van der Waals surface area contributed by atoms with Crippen LogP contribution in [0.3, 0.4) is 0 Å². The van der Waals surface area contributed by atoms with Crippen molar-refractivity contribution >= 4 is 16.8 Å². The molecule has 0 atom stereocenters. The van der Waals surface area contributed by atoms with E-state index in [1.165, 1.54) is 0 Å². The molecule has 4 nitrogen and oxygen atoms in total. The van der Waals surface area contributed by atoms with Gasteiger partial charge in [-0.2, -0.15) is 0 Å². The van der Waals surface area contributed by atoms with Gasteiger partial charge in [-0.15, -0.1) is 0 Å². The molecule has 0 aliphatic heterocycles. The second-order valence-corrected chi connectivity index (χ2v) is 3.23. The molecule has 0 fully saturated rings. The van der Waals surface area contributed by atoms with E-state index in [4.69, 9.17) is 5.11 Å². The van der Waals surface area contributed by atoms with E-state index in [0.29, 0.717) is 0 Å². The Hall–Kier alpha value is -1.81. The van der Waals surface area contributed by atoms with E-state index in [-0.39, 0.29) is 6.61 Å². The average molecular weight is 187 g/mol. The molecule has 70 valence electrons. The first kappa shape index (κ1) is 7.58. The molecular weight excluding hydrogens is 178 g/mol. The van der Waals surface area contributed by atoms with Crippen molar-refractivity contribution in [2.75, 3.05) is 0 Å². The summed E-state index contributed by atoms with van der Waals surface area (Å²) in [4.78, 5) is 7.42. The first-order chi connectivity index (χ1) is 6.88. The molecule has 0 aliphatic carbocycles. The molecule has 0 radical (unpaired) electrons. The summed E-state index contributed by atoms with van der Waals surface area (Å²) in [6.07, 6.45) is 1.87. The predicted octanol–water partition coefficient (Wildman–Crippen LogP) is 1.31. The first-order valence-electron chi connectivity index (χ1n) is 4.44. The van der Waals surface area contributed by atoms with Crippen molar-refractivity contribution in [3.8, 4) is 0 Å². The third-order valence-corrected chi connectivity index (χ3v) is 2.32. The van der Waals surface area contributed by atoms with Crippen molar-refractivity contribution in [1.29, 1.82) is 0 Å². The number of hydrogen-bond donors (Lipinski definition) is 2. The van der Waals surface area contributed by atoms with Gasteiger partial charge in [-0.3, -0.25) is 4.40 Å². The van der Waals surface area contributed by atoms with Gasteiger partial charge < -0.3 is 10.1 Å². The molecule has 2 N–H and O–H groups in total. The average Bonchev–Trinajstić information content (AvgIpc) is 2.73. The third-order valence-electron chi connectivity index (χ3n) is 2.32. The number of H-pyrrole nitrogens is 1. The molecule has 0 saturated heterocycles. The Morgan fingerprint density at radius 1 is 1.36 bits per heavy atom. The lowest BCUT2D eigenvalue weighted by Crippen LogP contribution is -1.81. The number of aromatic nitrogens is 3. The van der Waals surface area contributed by atoms with Gasteiger partial charge in [-0.1, -0.05) is 12.1 Å². The molecule has 2 aromatic heterocycles. The van der Waals surface area contributed by atoms with Gasteiger partial charge in [0, 0.05) is 6.20 Å². The van der Waals surface area contributed by atoms with Crippen LogP contribution in [0.5, 0.6) is 0 Å². The van der Waals surface area contributed by atoms with Crippen molar-refractivity contribution in [3.63, 3.8) is 0 Å². The summed E-state index contributed by atoms with van der Waals surface area (Å²) in [6.45, 7) is 0.0116. The predicted molar refractivity (Wildman–Crippen MR) is 53.0 cm³/mol. The fourth-order valence-electron chi connectivity index (χ4n) is 1.68. The van der Waals surface area contributed by atoms with Crippen LogP contribution in [0.2, 0.25) is 0 Å². The van der Waals surface area contributed by atoms with Crippen molar-refractivity contribution in [2.45, 2.75) is 6.61 Å². The standard InChI is InChI=1S/C10H9N3O/c14-6-7-5-13-9-4-2-1-3-8(9)12-10(13)11-7/h1-5,14H,6H2,(H,11,12). The zero-order valence-corrected chi connectivity index (χ0v) is 7.44. The monoisotopic (exact) mass is 187 g/mol. The second-order valence-electron chi connectivity index (χ2n) is 3.23. The number of nitrogens with zero attached hydrogens (tertiary/aromatic N) is 2. The molecule has 0 bridgehead atoms. The summed E-state index contributed by atoms with van der Waals surface area (Å²) in [7, 11) is 0. The highest BCUT2D eigenvalue weighted by Gasteiger charge is 2.05. The van der Waals surface area contributed by atoms with Crippen LogP contribution in [0.15, 0.2) is 30.5 Å². The second kappa shape index (κ2) is 2.59. The van der Waals surface area contributed by atoms with Crippen LogP contribution < -0.4 is 0 Å². The normalized spacial score (nSPS) is 11.5. The number of aliphatic hydroxyl groups is 1. The van der Waals surface area contributed by atoms with Gasteiger partial charge >= 0.3 is 0 Å². The van der Waals surface area contributed by atoms with Crippen molar-refractivity contribution in [3.05, 3.63) is 36.2 Å². The molecule has 3 rings (SSSR count). The maximum atomic E-state index is 8.96. The summed E-state index contributed by atoms with van der Waals surface area (Å²) >= 11 is 0. The Bertz CT molecular complexity index is 593. The van der Waals surface area contributed by atoms with E-state index >= 15 is 0 Å². The highest BCUT2D eigenvalue weighted by Crippen LogP contribution is 2.16. The van der Waals surface area contributed by atoms with Gasteiger partial charge in [0.1, 0.15) is 0 Å². The first-order valence-corrected chi connectivity index (χ1v) is 4.44. The van der Waals surface area contributed by atoms with Gasteiger partial charge in [0.15, 0.2) is 0 Å². The topological polar surface area (TPSA) is 53.3 Å². The number of rotatable bonds is 1. The number of aromatic amines is 1. The van der Waals surface area contributed by atoms with Crippen LogP contribution in [0, 0.1) is 0 Å². The number of imidazole rings is 2. The van der Waals surface area contributed by atoms with Gasteiger partial charge in [-0.25, -0.2) is 4.98 Å². The van der Waals surface area contributed by atoms with E-state index in [1.54, 1.807) is 0 Å². The molecule has 2 heterocycles. The van der Waals surface area contributed by atoms with E-state index in [1.807, 2.05) is 34.9 Å². The van der Waals surface area contributed by atoms with Gasteiger partial charge in [0.05, 0.1) is 23.3 Å². The SMILES string of the molecule is OCc1cn2c(nc3ccccc32)[nH]1. The zero-order chi connectivity index (χ0) is 9.54. The molecule has 0 unspecified atom stereocenters. The molecule has 4 heteroatoms. The molecule has 0 amide bonds. The molecular formula is C10H9N3O. The third kappa shape index (κ3) is 0.885. The largest absolute Gasteiger partial charge is 0.390 e. The lowest BCUT2D eigenvalue weighted by atomic mass is 10.3. The van der Waals surface area contributed by atoms with Gasteiger partial charge in [0.25, 0.3) is 0 Å². The minimum atomic E-state index is 0.0116. The fourth-order valence-corrected chi connectivity index (χ4v) is 1.68. The molecule has 1 aromatic carbocycles. The van der Waals surface area contributed by atoms with Crippen LogP contribution >= 0.6 is 0 Å².